The molecule has 0 bridgehead atoms. The zero-order valence-corrected chi connectivity index (χ0v) is 6.66. The fourth-order valence-corrected chi connectivity index (χ4v) is 1.14. The van der Waals surface area contributed by atoms with Crippen LogP contribution in [0.1, 0.15) is 5.69 Å². The Morgan fingerprint density at radius 3 is 2.92 bits per heavy atom. The number of fused-ring (bicyclic) bond motifs is 1. The lowest BCUT2D eigenvalue weighted by atomic mass is 10.2. The molecule has 0 saturated heterocycles. The van der Waals surface area contributed by atoms with Gasteiger partial charge in [0.05, 0.1) is 5.52 Å². The van der Waals surface area contributed by atoms with E-state index in [0.717, 1.165) is 0 Å². The van der Waals surface area contributed by atoms with Crippen LogP contribution in [0.2, 0.25) is 0 Å². The van der Waals surface area contributed by atoms with E-state index in [1.165, 1.54) is 18.5 Å². The minimum Gasteiger partial charge on any atom is -0.236 e. The number of benzene rings is 1. The predicted octanol–water partition coefficient (Wildman–Crippen LogP) is 1.75. The highest BCUT2D eigenvalue weighted by Gasteiger charge is 2.01. The van der Waals surface area contributed by atoms with Crippen molar-refractivity contribution in [2.45, 2.75) is 0 Å². The Hall–Kier alpha value is -1.95. The fourth-order valence-electron chi connectivity index (χ4n) is 1.14. The number of hydrogen-bond donors (Lipinski definition) is 0. The van der Waals surface area contributed by atoms with E-state index in [0.29, 0.717) is 16.6 Å². The molecular weight excluding hydrogens is 167 g/mol. The smallest absolute Gasteiger partial charge is 0.124 e. The Labute approximate surface area is 74.4 Å². The van der Waals surface area contributed by atoms with Gasteiger partial charge in [-0.1, -0.05) is 0 Å². The van der Waals surface area contributed by atoms with Gasteiger partial charge in [-0.25, -0.2) is 14.4 Å². The maximum absolute atomic E-state index is 12.8. The first kappa shape index (κ1) is 7.69. The molecule has 62 valence electrons. The maximum Gasteiger partial charge on any atom is 0.124 e. The summed E-state index contributed by atoms with van der Waals surface area (Å²) < 4.78 is 12.8. The average molecular weight is 172 g/mol. The highest BCUT2D eigenvalue weighted by atomic mass is 19.1. The number of hydrogen-bond acceptors (Lipinski definition) is 2. The van der Waals surface area contributed by atoms with Gasteiger partial charge < -0.3 is 0 Å². The lowest BCUT2D eigenvalue weighted by Gasteiger charge is -1.97. The van der Waals surface area contributed by atoms with Gasteiger partial charge >= 0.3 is 0 Å². The first-order valence-electron chi connectivity index (χ1n) is 3.68. The van der Waals surface area contributed by atoms with Gasteiger partial charge in [0.2, 0.25) is 0 Å². The van der Waals surface area contributed by atoms with Gasteiger partial charge in [-0.2, -0.15) is 0 Å². The van der Waals surface area contributed by atoms with E-state index in [9.17, 15) is 4.39 Å². The molecule has 2 rings (SSSR count). The third-order valence-electron chi connectivity index (χ3n) is 1.73. The Bertz CT molecular complexity index is 500. The summed E-state index contributed by atoms with van der Waals surface area (Å²) in [4.78, 5) is 7.81. The summed E-state index contributed by atoms with van der Waals surface area (Å²) in [5.41, 5.74) is 1.08. The lowest BCUT2D eigenvalue weighted by Crippen LogP contribution is -1.88. The number of rotatable bonds is 0. The van der Waals surface area contributed by atoms with Crippen molar-refractivity contribution in [3.63, 3.8) is 0 Å². The van der Waals surface area contributed by atoms with Gasteiger partial charge in [0.1, 0.15) is 17.8 Å². The molecule has 0 radical (unpaired) electrons. The van der Waals surface area contributed by atoms with E-state index < -0.39 is 0 Å². The van der Waals surface area contributed by atoms with E-state index in [1.54, 1.807) is 6.07 Å². The van der Waals surface area contributed by atoms with Crippen LogP contribution in [0.25, 0.3) is 10.9 Å². The molecule has 1 aromatic heterocycles. The second kappa shape index (κ2) is 2.83. The lowest BCUT2D eigenvalue weighted by molar-refractivity contribution is 0.629. The zero-order valence-electron chi connectivity index (χ0n) is 6.66. The van der Waals surface area contributed by atoms with Crippen molar-refractivity contribution in [1.29, 1.82) is 0 Å². The molecule has 0 saturated carbocycles. The monoisotopic (exact) mass is 172 g/mol. The number of terminal acetylenes is 1. The number of nitrogens with zero attached hydrogens (tertiary/aromatic N) is 2. The number of aromatic nitrogens is 2. The maximum atomic E-state index is 12.8. The highest BCUT2D eigenvalue weighted by Crippen LogP contribution is 2.14. The summed E-state index contributed by atoms with van der Waals surface area (Å²) in [6, 6.07) is 4.26. The summed E-state index contributed by atoms with van der Waals surface area (Å²) in [7, 11) is 0. The van der Waals surface area contributed by atoms with Crippen LogP contribution in [-0.2, 0) is 0 Å². The zero-order chi connectivity index (χ0) is 9.26. The molecule has 1 heterocycles. The van der Waals surface area contributed by atoms with Crippen LogP contribution in [0.3, 0.4) is 0 Å². The predicted molar refractivity (Wildman–Crippen MR) is 47.4 cm³/mol. The van der Waals surface area contributed by atoms with Crippen LogP contribution in [0.5, 0.6) is 0 Å². The van der Waals surface area contributed by atoms with E-state index in [1.807, 2.05) is 0 Å². The first-order chi connectivity index (χ1) is 6.31. The van der Waals surface area contributed by atoms with Gasteiger partial charge in [0.25, 0.3) is 0 Å². The number of halogens is 1. The van der Waals surface area contributed by atoms with E-state index in [-0.39, 0.29) is 5.82 Å². The third-order valence-corrected chi connectivity index (χ3v) is 1.73. The topological polar surface area (TPSA) is 25.8 Å². The van der Waals surface area contributed by atoms with Gasteiger partial charge in [0, 0.05) is 5.39 Å². The summed E-state index contributed by atoms with van der Waals surface area (Å²) >= 11 is 0. The standard InChI is InChI=1S/C10H5FN2/c1-2-9-8-5-7(11)3-4-10(8)13-6-12-9/h1,3-6H. The Balaban J connectivity index is 2.89. The van der Waals surface area contributed by atoms with Crippen LogP contribution >= 0.6 is 0 Å². The summed E-state index contributed by atoms with van der Waals surface area (Å²) in [6.07, 6.45) is 6.57. The Morgan fingerprint density at radius 2 is 2.15 bits per heavy atom. The largest absolute Gasteiger partial charge is 0.236 e. The molecule has 0 aliphatic heterocycles. The Kier molecular flexibility index (Phi) is 1.67. The minimum atomic E-state index is -0.334. The molecule has 0 N–H and O–H groups in total. The van der Waals surface area contributed by atoms with Crippen molar-refractivity contribution in [3.8, 4) is 12.3 Å². The molecule has 13 heavy (non-hydrogen) atoms. The van der Waals surface area contributed by atoms with Gasteiger partial charge in [0.15, 0.2) is 0 Å². The minimum absolute atomic E-state index is 0.334. The van der Waals surface area contributed by atoms with Crippen LogP contribution in [-0.4, -0.2) is 9.97 Å². The SMILES string of the molecule is C#Cc1ncnc2ccc(F)cc12. The normalized spacial score (nSPS) is 9.85. The van der Waals surface area contributed by atoms with Crippen LogP contribution < -0.4 is 0 Å². The van der Waals surface area contributed by atoms with Crippen LogP contribution in [0, 0.1) is 18.2 Å². The molecular formula is C10H5FN2. The van der Waals surface area contributed by atoms with Crippen LogP contribution in [0.15, 0.2) is 24.5 Å². The Morgan fingerprint density at radius 1 is 1.31 bits per heavy atom. The van der Waals surface area contributed by atoms with Crippen molar-refractivity contribution in [2.75, 3.05) is 0 Å². The summed E-state index contributed by atoms with van der Waals surface area (Å²) in [5.74, 6) is 2.04. The van der Waals surface area contributed by atoms with Gasteiger partial charge in [-0.15, -0.1) is 6.42 Å². The first-order valence-corrected chi connectivity index (χ1v) is 3.68. The second-order valence-corrected chi connectivity index (χ2v) is 2.53. The molecule has 3 heteroatoms. The van der Waals surface area contributed by atoms with E-state index in [4.69, 9.17) is 6.42 Å². The van der Waals surface area contributed by atoms with Crippen molar-refractivity contribution in [1.82, 2.24) is 9.97 Å². The van der Waals surface area contributed by atoms with Crippen molar-refractivity contribution >= 4 is 10.9 Å². The molecule has 1 aromatic carbocycles. The molecule has 2 nitrogen and oxygen atoms in total. The molecule has 0 aliphatic rings. The van der Waals surface area contributed by atoms with E-state index in [2.05, 4.69) is 15.9 Å². The summed E-state index contributed by atoms with van der Waals surface area (Å²) in [5, 5.41) is 0.574. The molecule has 0 spiro atoms. The van der Waals surface area contributed by atoms with Crippen LogP contribution in [0.4, 0.5) is 4.39 Å². The highest BCUT2D eigenvalue weighted by molar-refractivity contribution is 5.82. The van der Waals surface area contributed by atoms with Crippen molar-refractivity contribution in [3.05, 3.63) is 36.0 Å². The third kappa shape index (κ3) is 1.23. The second-order valence-electron chi connectivity index (χ2n) is 2.53. The van der Waals surface area contributed by atoms with Crippen molar-refractivity contribution in [2.24, 2.45) is 0 Å². The fraction of sp³-hybridized carbons (Fsp3) is 0. The quantitative estimate of drug-likeness (QED) is 0.566. The average Bonchev–Trinajstić information content (AvgIpc) is 2.17. The van der Waals surface area contributed by atoms with Crippen molar-refractivity contribution < 1.29 is 4.39 Å². The molecule has 2 aromatic rings. The molecule has 0 atom stereocenters. The summed E-state index contributed by atoms with van der Waals surface area (Å²) in [6.45, 7) is 0. The van der Waals surface area contributed by atoms with E-state index >= 15 is 0 Å². The van der Waals surface area contributed by atoms with Gasteiger partial charge in [-0.05, 0) is 24.1 Å². The van der Waals surface area contributed by atoms with Gasteiger partial charge in [-0.3, -0.25) is 0 Å². The molecule has 0 amide bonds. The molecule has 0 unspecified atom stereocenters. The molecule has 0 fully saturated rings. The molecule has 0 aliphatic carbocycles.